The Hall–Kier alpha value is -2.67. The number of hydrogen-bond acceptors (Lipinski definition) is 5. The van der Waals surface area contributed by atoms with Crippen LogP contribution in [0.5, 0.6) is 0 Å². The Morgan fingerprint density at radius 1 is 1.06 bits per heavy atom. The number of pyridine rings is 1. The van der Waals surface area contributed by atoms with E-state index in [1.807, 2.05) is 6.92 Å². The van der Waals surface area contributed by atoms with E-state index < -0.39 is 38.5 Å². The average molecular weight is 495 g/mol. The SMILES string of the molecule is CCCc1cc(-c2nc(-c3ccc(NS(=O)(=O)C(F)(F)F)cc3C(F)(F)F)cs2)ccn1. The minimum absolute atomic E-state index is 0.0450. The zero-order chi connectivity index (χ0) is 23.7. The van der Waals surface area contributed by atoms with Gasteiger partial charge in [0, 0.05) is 34.1 Å². The Morgan fingerprint density at radius 2 is 1.78 bits per heavy atom. The predicted octanol–water partition coefficient (Wildman–Crippen LogP) is 6.10. The van der Waals surface area contributed by atoms with Gasteiger partial charge in [-0.2, -0.15) is 34.8 Å². The van der Waals surface area contributed by atoms with Gasteiger partial charge in [-0.1, -0.05) is 19.4 Å². The quantitative estimate of drug-likeness (QED) is 0.419. The van der Waals surface area contributed by atoms with Crippen molar-refractivity contribution in [2.24, 2.45) is 0 Å². The summed E-state index contributed by atoms with van der Waals surface area (Å²) < 4.78 is 102. The Kier molecular flexibility index (Phi) is 6.52. The van der Waals surface area contributed by atoms with Gasteiger partial charge in [0.05, 0.1) is 11.3 Å². The number of anilines is 1. The lowest BCUT2D eigenvalue weighted by molar-refractivity contribution is -0.137. The minimum Gasteiger partial charge on any atom is -0.276 e. The van der Waals surface area contributed by atoms with Gasteiger partial charge in [-0.15, -0.1) is 11.3 Å². The molecule has 5 nitrogen and oxygen atoms in total. The molecule has 0 unspecified atom stereocenters. The van der Waals surface area contributed by atoms with Gasteiger partial charge in [0.15, 0.2) is 0 Å². The van der Waals surface area contributed by atoms with Crippen LogP contribution in [0.15, 0.2) is 41.9 Å². The second-order valence-corrected chi connectivity index (χ2v) is 9.17. The van der Waals surface area contributed by atoms with Gasteiger partial charge in [0.2, 0.25) is 0 Å². The van der Waals surface area contributed by atoms with Gasteiger partial charge in [-0.25, -0.2) is 4.98 Å². The normalized spacial score (nSPS) is 12.7. The van der Waals surface area contributed by atoms with E-state index in [0.29, 0.717) is 16.6 Å². The number of nitrogens with one attached hydrogen (secondary N) is 1. The molecule has 0 aliphatic rings. The summed E-state index contributed by atoms with van der Waals surface area (Å²) in [6.07, 6.45) is -1.81. The number of aryl methyl sites for hydroxylation is 1. The van der Waals surface area contributed by atoms with Gasteiger partial charge in [-0.3, -0.25) is 9.71 Å². The van der Waals surface area contributed by atoms with Crippen LogP contribution in [0.25, 0.3) is 21.8 Å². The molecule has 0 aliphatic carbocycles. The maximum absolute atomic E-state index is 13.6. The first-order valence-electron chi connectivity index (χ1n) is 9.03. The van der Waals surface area contributed by atoms with Crippen molar-refractivity contribution >= 4 is 27.0 Å². The number of sulfonamides is 1. The lowest BCUT2D eigenvalue weighted by Gasteiger charge is -2.15. The van der Waals surface area contributed by atoms with Crippen LogP contribution in [-0.2, 0) is 22.6 Å². The molecule has 0 aliphatic heterocycles. The average Bonchev–Trinajstić information content (AvgIpc) is 3.17. The summed E-state index contributed by atoms with van der Waals surface area (Å²) in [5.74, 6) is 0. The first-order valence-corrected chi connectivity index (χ1v) is 11.4. The maximum Gasteiger partial charge on any atom is 0.516 e. The zero-order valence-electron chi connectivity index (χ0n) is 16.3. The number of benzene rings is 1. The molecule has 3 aromatic rings. The van der Waals surface area contributed by atoms with Crippen molar-refractivity contribution < 1.29 is 34.8 Å². The second-order valence-electron chi connectivity index (χ2n) is 6.63. The third-order valence-corrected chi connectivity index (χ3v) is 6.24. The Morgan fingerprint density at radius 3 is 2.41 bits per heavy atom. The summed E-state index contributed by atoms with van der Waals surface area (Å²) in [7, 11) is -5.87. The fourth-order valence-electron chi connectivity index (χ4n) is 2.81. The Bertz CT molecular complexity index is 1220. The summed E-state index contributed by atoms with van der Waals surface area (Å²) in [4.78, 5) is 8.46. The van der Waals surface area contributed by atoms with E-state index in [1.54, 1.807) is 18.3 Å². The highest BCUT2D eigenvalue weighted by Gasteiger charge is 2.46. The topological polar surface area (TPSA) is 72.0 Å². The molecule has 0 saturated carbocycles. The molecular weight excluding hydrogens is 480 g/mol. The van der Waals surface area contributed by atoms with Crippen LogP contribution in [-0.4, -0.2) is 23.9 Å². The van der Waals surface area contributed by atoms with Crippen molar-refractivity contribution in [3.05, 3.63) is 53.2 Å². The lowest BCUT2D eigenvalue weighted by atomic mass is 10.0. The fourth-order valence-corrected chi connectivity index (χ4v) is 4.18. The second kappa shape index (κ2) is 8.70. The number of thiazole rings is 1. The number of rotatable bonds is 6. The number of alkyl halides is 6. The highest BCUT2D eigenvalue weighted by atomic mass is 32.2. The van der Waals surface area contributed by atoms with Gasteiger partial charge >= 0.3 is 21.7 Å². The number of hydrogen-bond donors (Lipinski definition) is 1. The molecule has 172 valence electrons. The lowest BCUT2D eigenvalue weighted by Crippen LogP contribution is -2.30. The molecule has 0 bridgehead atoms. The number of aromatic nitrogens is 2. The van der Waals surface area contributed by atoms with E-state index in [9.17, 15) is 34.8 Å². The van der Waals surface area contributed by atoms with Crippen molar-refractivity contribution in [1.82, 2.24) is 9.97 Å². The monoisotopic (exact) mass is 495 g/mol. The van der Waals surface area contributed by atoms with E-state index >= 15 is 0 Å². The van der Waals surface area contributed by atoms with Crippen molar-refractivity contribution in [1.29, 1.82) is 0 Å². The number of halogens is 6. The third-order valence-electron chi connectivity index (χ3n) is 4.23. The van der Waals surface area contributed by atoms with Crippen molar-refractivity contribution in [2.45, 2.75) is 31.5 Å². The highest BCUT2D eigenvalue weighted by molar-refractivity contribution is 7.93. The van der Waals surface area contributed by atoms with Gasteiger partial charge in [-0.05, 0) is 30.7 Å². The van der Waals surface area contributed by atoms with Crippen LogP contribution in [0.4, 0.5) is 32.0 Å². The van der Waals surface area contributed by atoms with E-state index in [4.69, 9.17) is 0 Å². The maximum atomic E-state index is 13.6. The summed E-state index contributed by atoms with van der Waals surface area (Å²) in [6.45, 7) is 1.98. The fraction of sp³-hybridized carbons (Fsp3) is 0.263. The van der Waals surface area contributed by atoms with Crippen LogP contribution in [0.3, 0.4) is 0 Å². The van der Waals surface area contributed by atoms with Crippen LogP contribution in [0.2, 0.25) is 0 Å². The smallest absolute Gasteiger partial charge is 0.276 e. The molecule has 2 heterocycles. The van der Waals surface area contributed by atoms with Crippen LogP contribution in [0.1, 0.15) is 24.6 Å². The molecule has 2 aromatic heterocycles. The first-order chi connectivity index (χ1) is 14.8. The standard InChI is InChI=1S/C19H15F6N3O2S2/c1-2-3-12-8-11(6-7-26-12)17-27-16(10-31-17)14-5-4-13(9-15(14)18(20,21)22)28-32(29,30)19(23,24)25/h4-10,28H,2-3H2,1H3. The minimum atomic E-state index is -5.87. The van der Waals surface area contributed by atoms with E-state index in [2.05, 4.69) is 9.97 Å². The number of nitrogens with zero attached hydrogens (tertiary/aromatic N) is 2. The van der Waals surface area contributed by atoms with Crippen LogP contribution >= 0.6 is 11.3 Å². The van der Waals surface area contributed by atoms with E-state index in [1.165, 1.54) is 5.38 Å². The first kappa shape index (κ1) is 24.0. The summed E-state index contributed by atoms with van der Waals surface area (Å²) in [6, 6.07) is 5.46. The molecule has 32 heavy (non-hydrogen) atoms. The Balaban J connectivity index is 2.01. The molecule has 0 saturated heterocycles. The van der Waals surface area contributed by atoms with E-state index in [-0.39, 0.29) is 5.69 Å². The molecule has 3 rings (SSSR count). The molecule has 1 N–H and O–H groups in total. The van der Waals surface area contributed by atoms with Crippen molar-refractivity contribution in [2.75, 3.05) is 4.72 Å². The van der Waals surface area contributed by atoms with Crippen LogP contribution < -0.4 is 4.72 Å². The largest absolute Gasteiger partial charge is 0.516 e. The molecule has 13 heteroatoms. The zero-order valence-corrected chi connectivity index (χ0v) is 17.9. The van der Waals surface area contributed by atoms with Gasteiger partial charge < -0.3 is 0 Å². The van der Waals surface area contributed by atoms with E-state index in [0.717, 1.165) is 46.7 Å². The third kappa shape index (κ3) is 5.21. The summed E-state index contributed by atoms with van der Waals surface area (Å²) in [5.41, 5.74) is -6.82. The molecule has 1 aromatic carbocycles. The van der Waals surface area contributed by atoms with Gasteiger partial charge in [0.1, 0.15) is 5.01 Å². The van der Waals surface area contributed by atoms with Gasteiger partial charge in [0.25, 0.3) is 0 Å². The summed E-state index contributed by atoms with van der Waals surface area (Å²) in [5, 5.41) is 1.83. The summed E-state index contributed by atoms with van der Waals surface area (Å²) >= 11 is 1.09. The molecule has 0 spiro atoms. The Labute approximate surface area is 183 Å². The predicted molar refractivity (Wildman–Crippen MR) is 108 cm³/mol. The molecule has 0 radical (unpaired) electrons. The van der Waals surface area contributed by atoms with Crippen molar-refractivity contribution in [3.8, 4) is 21.8 Å². The molecule has 0 amide bonds. The van der Waals surface area contributed by atoms with Crippen molar-refractivity contribution in [3.63, 3.8) is 0 Å². The van der Waals surface area contributed by atoms with Crippen LogP contribution in [0, 0.1) is 0 Å². The highest BCUT2D eigenvalue weighted by Crippen LogP contribution is 2.40. The molecule has 0 atom stereocenters. The molecular formula is C19H15F6N3O2S2. The molecule has 0 fully saturated rings.